The number of nitrogens with zero attached hydrogens (tertiary/aromatic N) is 2. The summed E-state index contributed by atoms with van der Waals surface area (Å²) < 4.78 is 34.1. The molecule has 0 amide bonds. The van der Waals surface area contributed by atoms with Crippen molar-refractivity contribution >= 4 is 5.96 Å². The maximum Gasteiger partial charge on any atom is 0.387 e. The second kappa shape index (κ2) is 8.28. The molecule has 118 valence electrons. The van der Waals surface area contributed by atoms with Crippen molar-refractivity contribution in [2.45, 2.75) is 27.0 Å². The van der Waals surface area contributed by atoms with E-state index in [1.165, 1.54) is 13.2 Å². The largest absolute Gasteiger partial charge is 0.493 e. The van der Waals surface area contributed by atoms with Crippen molar-refractivity contribution in [1.29, 1.82) is 0 Å². The molecule has 0 aliphatic rings. The number of halogens is 2. The van der Waals surface area contributed by atoms with Crippen LogP contribution in [0.15, 0.2) is 23.2 Å². The molecule has 0 heterocycles. The van der Waals surface area contributed by atoms with Crippen LogP contribution in [-0.2, 0) is 6.54 Å². The second-order valence-electron chi connectivity index (χ2n) is 4.21. The number of nitrogens with two attached hydrogens (primary N) is 1. The van der Waals surface area contributed by atoms with Crippen LogP contribution in [0.3, 0.4) is 0 Å². The first kappa shape index (κ1) is 17.0. The van der Waals surface area contributed by atoms with Crippen LogP contribution < -0.4 is 15.2 Å². The number of aliphatic imine (C=N–C) groups is 1. The van der Waals surface area contributed by atoms with E-state index in [0.29, 0.717) is 11.5 Å². The van der Waals surface area contributed by atoms with Gasteiger partial charge in [0.05, 0.1) is 13.7 Å². The number of methoxy groups -OCH3 is 1. The zero-order chi connectivity index (χ0) is 15.8. The average molecular weight is 301 g/mol. The first-order chi connectivity index (χ1) is 10.0. The topological polar surface area (TPSA) is 60.1 Å². The summed E-state index contributed by atoms with van der Waals surface area (Å²) in [5.74, 6) is 0.661. The van der Waals surface area contributed by atoms with Gasteiger partial charge in [0.15, 0.2) is 17.5 Å². The predicted molar refractivity (Wildman–Crippen MR) is 77.9 cm³/mol. The monoisotopic (exact) mass is 301 g/mol. The number of hydrogen-bond donors (Lipinski definition) is 1. The molecule has 0 radical (unpaired) electrons. The summed E-state index contributed by atoms with van der Waals surface area (Å²) in [6.45, 7) is 2.86. The summed E-state index contributed by atoms with van der Waals surface area (Å²) >= 11 is 0. The van der Waals surface area contributed by atoms with Gasteiger partial charge in [-0.25, -0.2) is 4.99 Å². The molecule has 0 fully saturated rings. The highest BCUT2D eigenvalue weighted by atomic mass is 19.3. The van der Waals surface area contributed by atoms with E-state index in [9.17, 15) is 8.78 Å². The third-order valence-electron chi connectivity index (χ3n) is 2.96. The molecule has 0 aliphatic carbocycles. The molecule has 1 aromatic rings. The van der Waals surface area contributed by atoms with Crippen molar-refractivity contribution in [2.75, 3.05) is 20.2 Å². The van der Waals surface area contributed by atoms with Crippen LogP contribution in [0, 0.1) is 0 Å². The molecule has 21 heavy (non-hydrogen) atoms. The molecular weight excluding hydrogens is 280 g/mol. The van der Waals surface area contributed by atoms with Crippen LogP contribution in [-0.4, -0.2) is 37.7 Å². The van der Waals surface area contributed by atoms with Gasteiger partial charge in [0.2, 0.25) is 0 Å². The van der Waals surface area contributed by atoms with Crippen molar-refractivity contribution in [1.82, 2.24) is 4.90 Å². The zero-order valence-corrected chi connectivity index (χ0v) is 12.5. The van der Waals surface area contributed by atoms with E-state index in [-0.39, 0.29) is 18.0 Å². The van der Waals surface area contributed by atoms with E-state index in [0.717, 1.165) is 13.1 Å². The van der Waals surface area contributed by atoms with Gasteiger partial charge in [-0.05, 0) is 31.5 Å². The van der Waals surface area contributed by atoms with E-state index in [4.69, 9.17) is 10.5 Å². The molecule has 1 rings (SSSR count). The van der Waals surface area contributed by atoms with Gasteiger partial charge in [-0.2, -0.15) is 8.78 Å². The first-order valence-corrected chi connectivity index (χ1v) is 6.68. The van der Waals surface area contributed by atoms with Crippen LogP contribution in [0.1, 0.15) is 19.4 Å². The van der Waals surface area contributed by atoms with E-state index in [2.05, 4.69) is 9.73 Å². The van der Waals surface area contributed by atoms with Gasteiger partial charge in [0, 0.05) is 13.1 Å². The Kier molecular flexibility index (Phi) is 6.71. The number of ether oxygens (including phenoxy) is 2. The number of alkyl halides is 2. The summed E-state index contributed by atoms with van der Waals surface area (Å²) in [5, 5.41) is 0. The minimum atomic E-state index is -2.90. The molecule has 7 heteroatoms. The normalized spacial score (nSPS) is 11.6. The van der Waals surface area contributed by atoms with Gasteiger partial charge in [-0.1, -0.05) is 6.07 Å². The Morgan fingerprint density at radius 1 is 1.29 bits per heavy atom. The van der Waals surface area contributed by atoms with Crippen LogP contribution in [0.4, 0.5) is 8.78 Å². The lowest BCUT2D eigenvalue weighted by Crippen LogP contribution is -2.37. The molecule has 0 aliphatic heterocycles. The standard InChI is InChI=1S/C14H21F2N3O2/c1-4-19(5-2)14(17)18-9-10-6-7-11(20-3)12(8-10)21-13(15)16/h6-8,13H,4-5,9H2,1-3H3,(H2,17,18). The van der Waals surface area contributed by atoms with Crippen molar-refractivity contribution in [3.05, 3.63) is 23.8 Å². The quantitative estimate of drug-likeness (QED) is 0.621. The molecular formula is C14H21F2N3O2. The molecule has 0 spiro atoms. The minimum absolute atomic E-state index is 0.0124. The fraction of sp³-hybridized carbons (Fsp3) is 0.500. The van der Waals surface area contributed by atoms with Gasteiger partial charge in [0.25, 0.3) is 0 Å². The Labute approximate surface area is 123 Å². The van der Waals surface area contributed by atoms with Gasteiger partial charge in [0.1, 0.15) is 0 Å². The van der Waals surface area contributed by atoms with Gasteiger partial charge in [-0.3, -0.25) is 0 Å². The predicted octanol–water partition coefficient (Wildman–Crippen LogP) is 2.45. The van der Waals surface area contributed by atoms with E-state index >= 15 is 0 Å². The smallest absolute Gasteiger partial charge is 0.387 e. The van der Waals surface area contributed by atoms with Crippen LogP contribution in [0.5, 0.6) is 11.5 Å². The molecule has 5 nitrogen and oxygen atoms in total. The summed E-state index contributed by atoms with van der Waals surface area (Å²) in [4.78, 5) is 6.15. The van der Waals surface area contributed by atoms with Crippen molar-refractivity contribution in [3.8, 4) is 11.5 Å². The van der Waals surface area contributed by atoms with Crippen LogP contribution in [0.25, 0.3) is 0 Å². The minimum Gasteiger partial charge on any atom is -0.493 e. The Morgan fingerprint density at radius 3 is 2.48 bits per heavy atom. The maximum absolute atomic E-state index is 12.3. The second-order valence-corrected chi connectivity index (χ2v) is 4.21. The molecule has 0 saturated carbocycles. The third-order valence-corrected chi connectivity index (χ3v) is 2.96. The van der Waals surface area contributed by atoms with E-state index < -0.39 is 6.61 Å². The van der Waals surface area contributed by atoms with E-state index in [1.54, 1.807) is 12.1 Å². The summed E-state index contributed by atoms with van der Waals surface area (Å²) in [6.07, 6.45) is 0. The number of rotatable bonds is 7. The Bertz CT molecular complexity index is 477. The lowest BCUT2D eigenvalue weighted by Gasteiger charge is -2.19. The van der Waals surface area contributed by atoms with E-state index in [1.807, 2.05) is 18.7 Å². The molecule has 1 aromatic carbocycles. The maximum atomic E-state index is 12.3. The van der Waals surface area contributed by atoms with Crippen molar-refractivity contribution in [2.24, 2.45) is 10.7 Å². The highest BCUT2D eigenvalue weighted by molar-refractivity contribution is 5.78. The number of benzene rings is 1. The van der Waals surface area contributed by atoms with Crippen LogP contribution >= 0.6 is 0 Å². The Balaban J connectivity index is 2.87. The highest BCUT2D eigenvalue weighted by Gasteiger charge is 2.11. The Morgan fingerprint density at radius 2 is 1.95 bits per heavy atom. The zero-order valence-electron chi connectivity index (χ0n) is 12.5. The van der Waals surface area contributed by atoms with Crippen LogP contribution in [0.2, 0.25) is 0 Å². The number of hydrogen-bond acceptors (Lipinski definition) is 3. The summed E-state index contributed by atoms with van der Waals surface area (Å²) in [5.41, 5.74) is 6.57. The SMILES string of the molecule is CCN(CC)C(N)=NCc1ccc(OC)c(OC(F)F)c1. The summed E-state index contributed by atoms with van der Waals surface area (Å²) in [7, 11) is 1.39. The fourth-order valence-corrected chi connectivity index (χ4v) is 1.83. The molecule has 0 unspecified atom stereocenters. The molecule has 2 N–H and O–H groups in total. The van der Waals surface area contributed by atoms with Gasteiger partial charge in [-0.15, -0.1) is 0 Å². The Hall–Kier alpha value is -2.05. The van der Waals surface area contributed by atoms with Gasteiger partial charge >= 0.3 is 6.61 Å². The molecule has 0 aromatic heterocycles. The first-order valence-electron chi connectivity index (χ1n) is 6.68. The highest BCUT2D eigenvalue weighted by Crippen LogP contribution is 2.29. The fourth-order valence-electron chi connectivity index (χ4n) is 1.83. The van der Waals surface area contributed by atoms with Crippen molar-refractivity contribution < 1.29 is 18.3 Å². The molecule has 0 saturated heterocycles. The third kappa shape index (κ3) is 5.09. The molecule has 0 bridgehead atoms. The van der Waals surface area contributed by atoms with Crippen molar-refractivity contribution in [3.63, 3.8) is 0 Å². The number of guanidine groups is 1. The summed E-state index contributed by atoms with van der Waals surface area (Å²) in [6, 6.07) is 4.77. The average Bonchev–Trinajstić information content (AvgIpc) is 2.46. The van der Waals surface area contributed by atoms with Gasteiger partial charge < -0.3 is 20.1 Å². The lowest BCUT2D eigenvalue weighted by atomic mass is 10.2. The lowest BCUT2D eigenvalue weighted by molar-refractivity contribution is -0.0512. The molecule has 0 atom stereocenters.